The zero-order valence-corrected chi connectivity index (χ0v) is 7.66. The highest BCUT2D eigenvalue weighted by molar-refractivity contribution is 5.94. The Balaban J connectivity index is 2.26. The molecule has 74 valence electrons. The number of benzene rings is 1. The zero-order valence-electron chi connectivity index (χ0n) is 7.66. The van der Waals surface area contributed by atoms with Crippen LogP contribution < -0.4 is 21.5 Å². The molecule has 2 amide bonds. The standard InChI is InChI=1S/C9H12N4O/c10-12-7-2-1-3-8(6-7)13-5-4-11-9(13)14/h1-3,6,12H,4-5,10H2,(H,11,14). The largest absolute Gasteiger partial charge is 0.336 e. The van der Waals surface area contributed by atoms with Gasteiger partial charge in [0.05, 0.1) is 5.69 Å². The van der Waals surface area contributed by atoms with Crippen LogP contribution in [-0.2, 0) is 0 Å². The lowest BCUT2D eigenvalue weighted by molar-refractivity contribution is 0.252. The molecule has 0 aromatic heterocycles. The van der Waals surface area contributed by atoms with E-state index in [9.17, 15) is 4.79 Å². The Morgan fingerprint density at radius 3 is 3.00 bits per heavy atom. The van der Waals surface area contributed by atoms with Crippen LogP contribution in [0.2, 0.25) is 0 Å². The van der Waals surface area contributed by atoms with Crippen molar-refractivity contribution in [2.24, 2.45) is 5.84 Å². The third-order valence-corrected chi connectivity index (χ3v) is 2.18. The van der Waals surface area contributed by atoms with Crippen LogP contribution in [0.3, 0.4) is 0 Å². The summed E-state index contributed by atoms with van der Waals surface area (Å²) < 4.78 is 0. The summed E-state index contributed by atoms with van der Waals surface area (Å²) in [5, 5.41) is 2.74. The average Bonchev–Trinajstić information content (AvgIpc) is 2.65. The Morgan fingerprint density at radius 1 is 1.50 bits per heavy atom. The number of hydrazine groups is 1. The predicted molar refractivity (Wildman–Crippen MR) is 55.0 cm³/mol. The van der Waals surface area contributed by atoms with Gasteiger partial charge >= 0.3 is 6.03 Å². The van der Waals surface area contributed by atoms with Gasteiger partial charge in [-0.15, -0.1) is 0 Å². The number of hydrogen-bond acceptors (Lipinski definition) is 3. The first-order valence-corrected chi connectivity index (χ1v) is 4.43. The van der Waals surface area contributed by atoms with Gasteiger partial charge in [0.25, 0.3) is 0 Å². The molecule has 1 fully saturated rings. The van der Waals surface area contributed by atoms with E-state index in [1.54, 1.807) is 4.90 Å². The van der Waals surface area contributed by atoms with E-state index in [0.29, 0.717) is 13.1 Å². The number of nitrogens with zero attached hydrogens (tertiary/aromatic N) is 1. The fraction of sp³-hybridized carbons (Fsp3) is 0.222. The van der Waals surface area contributed by atoms with Gasteiger partial charge in [0.2, 0.25) is 0 Å². The number of carbonyl (C=O) groups excluding carboxylic acids is 1. The fourth-order valence-corrected chi connectivity index (χ4v) is 1.48. The molecule has 1 aliphatic rings. The van der Waals surface area contributed by atoms with E-state index >= 15 is 0 Å². The highest BCUT2D eigenvalue weighted by Crippen LogP contribution is 2.19. The quantitative estimate of drug-likeness (QED) is 0.472. The van der Waals surface area contributed by atoms with Crippen LogP contribution in [0.4, 0.5) is 16.2 Å². The van der Waals surface area contributed by atoms with Gasteiger partial charge in [-0.1, -0.05) is 6.07 Å². The third kappa shape index (κ3) is 1.49. The lowest BCUT2D eigenvalue weighted by atomic mass is 10.2. The molecule has 5 nitrogen and oxygen atoms in total. The van der Waals surface area contributed by atoms with Crippen LogP contribution in [0.1, 0.15) is 0 Å². The van der Waals surface area contributed by atoms with Crippen LogP contribution in [0.25, 0.3) is 0 Å². The van der Waals surface area contributed by atoms with Crippen LogP contribution in [-0.4, -0.2) is 19.1 Å². The van der Waals surface area contributed by atoms with Crippen molar-refractivity contribution < 1.29 is 4.79 Å². The summed E-state index contributed by atoms with van der Waals surface area (Å²) in [6.45, 7) is 1.39. The van der Waals surface area contributed by atoms with Crippen LogP contribution in [0, 0.1) is 0 Å². The van der Waals surface area contributed by atoms with E-state index < -0.39 is 0 Å². The molecule has 0 saturated carbocycles. The van der Waals surface area contributed by atoms with Crippen molar-refractivity contribution in [3.05, 3.63) is 24.3 Å². The molecule has 0 radical (unpaired) electrons. The highest BCUT2D eigenvalue weighted by atomic mass is 16.2. The Bertz CT molecular complexity index is 352. The zero-order chi connectivity index (χ0) is 9.97. The molecular weight excluding hydrogens is 180 g/mol. The first kappa shape index (κ1) is 8.83. The average molecular weight is 192 g/mol. The van der Waals surface area contributed by atoms with Crippen molar-refractivity contribution >= 4 is 17.4 Å². The molecule has 1 saturated heterocycles. The molecular formula is C9H12N4O. The van der Waals surface area contributed by atoms with Gasteiger partial charge < -0.3 is 10.7 Å². The molecule has 2 rings (SSSR count). The smallest absolute Gasteiger partial charge is 0.321 e. The molecule has 4 N–H and O–H groups in total. The summed E-state index contributed by atoms with van der Waals surface area (Å²) in [6.07, 6.45) is 0. The van der Waals surface area contributed by atoms with E-state index in [1.807, 2.05) is 24.3 Å². The van der Waals surface area contributed by atoms with Crippen LogP contribution in [0.15, 0.2) is 24.3 Å². The molecule has 0 spiro atoms. The molecule has 0 aliphatic carbocycles. The summed E-state index contributed by atoms with van der Waals surface area (Å²) in [7, 11) is 0. The normalized spacial score (nSPS) is 15.5. The predicted octanol–water partition coefficient (Wildman–Crippen LogP) is 0.502. The number of carbonyl (C=O) groups is 1. The van der Waals surface area contributed by atoms with E-state index in [-0.39, 0.29) is 6.03 Å². The summed E-state index contributed by atoms with van der Waals surface area (Å²) in [4.78, 5) is 13.0. The van der Waals surface area contributed by atoms with Crippen molar-refractivity contribution in [1.29, 1.82) is 0 Å². The third-order valence-electron chi connectivity index (χ3n) is 2.18. The molecule has 0 unspecified atom stereocenters. The minimum Gasteiger partial charge on any atom is -0.336 e. The van der Waals surface area contributed by atoms with Gasteiger partial charge in [-0.2, -0.15) is 0 Å². The number of urea groups is 1. The fourth-order valence-electron chi connectivity index (χ4n) is 1.48. The Labute approximate surface area is 81.9 Å². The summed E-state index contributed by atoms with van der Waals surface area (Å²) in [5.41, 5.74) is 4.20. The number of amides is 2. The Hall–Kier alpha value is -1.75. The number of anilines is 2. The summed E-state index contributed by atoms with van der Waals surface area (Å²) >= 11 is 0. The van der Waals surface area contributed by atoms with Crippen molar-refractivity contribution in [3.63, 3.8) is 0 Å². The number of rotatable bonds is 2. The molecule has 1 aliphatic heterocycles. The van der Waals surface area contributed by atoms with Gasteiger partial charge in [-0.05, 0) is 18.2 Å². The van der Waals surface area contributed by atoms with Gasteiger partial charge in [0.1, 0.15) is 0 Å². The van der Waals surface area contributed by atoms with E-state index in [1.165, 1.54) is 0 Å². The number of nitrogens with two attached hydrogens (primary N) is 1. The molecule has 1 aromatic rings. The topological polar surface area (TPSA) is 70.4 Å². The monoisotopic (exact) mass is 192 g/mol. The summed E-state index contributed by atoms with van der Waals surface area (Å²) in [5.74, 6) is 5.28. The van der Waals surface area contributed by atoms with Gasteiger partial charge in [0, 0.05) is 18.8 Å². The Morgan fingerprint density at radius 2 is 2.36 bits per heavy atom. The van der Waals surface area contributed by atoms with Crippen molar-refractivity contribution in [2.45, 2.75) is 0 Å². The molecule has 1 aromatic carbocycles. The maximum absolute atomic E-state index is 11.3. The molecule has 14 heavy (non-hydrogen) atoms. The maximum atomic E-state index is 11.3. The minimum atomic E-state index is -0.0563. The number of hydrogen-bond donors (Lipinski definition) is 3. The summed E-state index contributed by atoms with van der Waals surface area (Å²) in [6, 6.07) is 7.36. The second-order valence-corrected chi connectivity index (χ2v) is 3.08. The molecule has 1 heterocycles. The van der Waals surface area contributed by atoms with Gasteiger partial charge in [-0.3, -0.25) is 10.7 Å². The first-order valence-electron chi connectivity index (χ1n) is 4.43. The van der Waals surface area contributed by atoms with Crippen molar-refractivity contribution in [1.82, 2.24) is 5.32 Å². The number of nitrogens with one attached hydrogen (secondary N) is 2. The van der Waals surface area contributed by atoms with Gasteiger partial charge in [0.15, 0.2) is 0 Å². The van der Waals surface area contributed by atoms with Crippen LogP contribution in [0.5, 0.6) is 0 Å². The second kappa shape index (κ2) is 3.55. The number of nitrogen functional groups attached to an aromatic ring is 1. The van der Waals surface area contributed by atoms with Crippen molar-refractivity contribution in [3.8, 4) is 0 Å². The van der Waals surface area contributed by atoms with Gasteiger partial charge in [-0.25, -0.2) is 4.79 Å². The van der Waals surface area contributed by atoms with E-state index in [4.69, 9.17) is 5.84 Å². The Kier molecular flexibility index (Phi) is 2.24. The first-order chi connectivity index (χ1) is 6.81. The highest BCUT2D eigenvalue weighted by Gasteiger charge is 2.20. The minimum absolute atomic E-state index is 0.0563. The lowest BCUT2D eigenvalue weighted by Crippen LogP contribution is -2.27. The lowest BCUT2D eigenvalue weighted by Gasteiger charge is -2.14. The van der Waals surface area contributed by atoms with Crippen LogP contribution >= 0.6 is 0 Å². The molecule has 5 heteroatoms. The maximum Gasteiger partial charge on any atom is 0.321 e. The molecule has 0 atom stereocenters. The van der Waals surface area contributed by atoms with E-state index in [0.717, 1.165) is 11.4 Å². The second-order valence-electron chi connectivity index (χ2n) is 3.08. The van der Waals surface area contributed by atoms with E-state index in [2.05, 4.69) is 10.7 Å². The SMILES string of the molecule is NNc1cccc(N2CCNC2=O)c1. The van der Waals surface area contributed by atoms with Crippen molar-refractivity contribution in [2.75, 3.05) is 23.4 Å². The molecule has 0 bridgehead atoms.